The van der Waals surface area contributed by atoms with Gasteiger partial charge in [0.25, 0.3) is 0 Å². The number of thioether (sulfide) groups is 2. The number of carbonyl (C=O) groups excluding carboxylic acids is 2. The Morgan fingerprint density at radius 1 is 0.963 bits per heavy atom. The zero-order valence-corrected chi connectivity index (χ0v) is 18.3. The van der Waals surface area contributed by atoms with Gasteiger partial charge in [-0.3, -0.25) is 9.59 Å². The summed E-state index contributed by atoms with van der Waals surface area (Å²) in [5.41, 5.74) is 1.04. The highest BCUT2D eigenvalue weighted by atomic mass is 32.2. The first-order valence-electron chi connectivity index (χ1n) is 9.73. The molecule has 0 aromatic heterocycles. The minimum Gasteiger partial charge on any atom is -0.465 e. The van der Waals surface area contributed by atoms with E-state index in [0.717, 1.165) is 37.7 Å². The van der Waals surface area contributed by atoms with Crippen LogP contribution in [0.3, 0.4) is 0 Å². The molecule has 1 aromatic carbocycles. The highest BCUT2D eigenvalue weighted by Gasteiger charge is 2.18. The molecule has 0 fully saturated rings. The summed E-state index contributed by atoms with van der Waals surface area (Å²) >= 11 is 3.07. The molecule has 0 bridgehead atoms. The van der Waals surface area contributed by atoms with Gasteiger partial charge in [-0.05, 0) is 24.8 Å². The maximum atomic E-state index is 12.3. The number of hydrogen-bond donors (Lipinski definition) is 0. The topological polar surface area (TPSA) is 52.6 Å². The lowest BCUT2D eigenvalue weighted by molar-refractivity contribution is -0.146. The Hall–Kier alpha value is -1.14. The molecule has 0 aliphatic rings. The lowest BCUT2D eigenvalue weighted by Gasteiger charge is -2.19. The Morgan fingerprint density at radius 2 is 1.63 bits per heavy atom. The molecule has 27 heavy (non-hydrogen) atoms. The van der Waals surface area contributed by atoms with E-state index in [0.29, 0.717) is 18.1 Å². The van der Waals surface area contributed by atoms with Crippen molar-refractivity contribution in [3.05, 3.63) is 35.9 Å². The number of unbranched alkanes of at least 4 members (excludes halogenated alkanes) is 1. The number of rotatable bonds is 14. The second-order valence-electron chi connectivity index (χ2n) is 6.21. The quantitative estimate of drug-likeness (QED) is 0.225. The van der Waals surface area contributed by atoms with E-state index in [9.17, 15) is 9.59 Å². The number of esters is 2. The van der Waals surface area contributed by atoms with Gasteiger partial charge in [-0.25, -0.2) is 0 Å². The Morgan fingerprint density at radius 3 is 2.22 bits per heavy atom. The number of carbonyl (C=O) groups is 2. The van der Waals surface area contributed by atoms with Crippen molar-refractivity contribution in [3.8, 4) is 0 Å². The fourth-order valence-corrected chi connectivity index (χ4v) is 4.45. The molecule has 6 heteroatoms. The van der Waals surface area contributed by atoms with Gasteiger partial charge < -0.3 is 9.47 Å². The van der Waals surface area contributed by atoms with Crippen LogP contribution in [-0.4, -0.2) is 34.6 Å². The van der Waals surface area contributed by atoms with Gasteiger partial charge >= 0.3 is 11.9 Å². The fourth-order valence-electron chi connectivity index (χ4n) is 2.39. The van der Waals surface area contributed by atoms with Crippen LogP contribution in [0.4, 0.5) is 0 Å². The first-order valence-corrected chi connectivity index (χ1v) is 11.8. The third-order valence-electron chi connectivity index (χ3n) is 3.86. The Kier molecular flexibility index (Phi) is 13.2. The Bertz CT molecular complexity index is 536. The van der Waals surface area contributed by atoms with E-state index in [2.05, 4.69) is 20.8 Å². The first-order chi connectivity index (χ1) is 13.1. The van der Waals surface area contributed by atoms with E-state index < -0.39 is 0 Å². The van der Waals surface area contributed by atoms with Crippen molar-refractivity contribution in [1.29, 1.82) is 0 Å². The third kappa shape index (κ3) is 10.7. The summed E-state index contributed by atoms with van der Waals surface area (Å²) in [5, 5.41) is 0. The minimum absolute atomic E-state index is 0.178. The normalized spacial score (nSPS) is 13.0. The van der Waals surface area contributed by atoms with Crippen LogP contribution >= 0.6 is 23.5 Å². The maximum absolute atomic E-state index is 12.3. The van der Waals surface area contributed by atoms with Gasteiger partial charge in [0.15, 0.2) is 0 Å². The summed E-state index contributed by atoms with van der Waals surface area (Å²) < 4.78 is 11.1. The molecule has 1 rings (SSSR count). The zero-order valence-electron chi connectivity index (χ0n) is 16.6. The molecule has 4 nitrogen and oxygen atoms in total. The molecule has 1 aromatic rings. The van der Waals surface area contributed by atoms with Crippen LogP contribution in [-0.2, 0) is 19.1 Å². The van der Waals surface area contributed by atoms with Crippen LogP contribution in [0, 0.1) is 0 Å². The predicted octanol–water partition coefficient (Wildman–Crippen LogP) is 5.62. The first kappa shape index (κ1) is 23.9. The number of ether oxygens (including phenoxy) is 2. The molecule has 152 valence electrons. The van der Waals surface area contributed by atoms with Crippen molar-refractivity contribution in [2.24, 2.45) is 0 Å². The van der Waals surface area contributed by atoms with Gasteiger partial charge in [-0.15, -0.1) is 23.5 Å². The van der Waals surface area contributed by atoms with E-state index in [1.54, 1.807) is 0 Å². The van der Waals surface area contributed by atoms with Crippen molar-refractivity contribution in [2.45, 2.75) is 63.6 Å². The second kappa shape index (κ2) is 14.9. The summed E-state index contributed by atoms with van der Waals surface area (Å²) in [6, 6.07) is 9.87. The monoisotopic (exact) mass is 412 g/mol. The highest BCUT2D eigenvalue weighted by molar-refractivity contribution is 8.17. The van der Waals surface area contributed by atoms with Gasteiger partial charge in [0.1, 0.15) is 6.10 Å². The number of hydrogen-bond acceptors (Lipinski definition) is 6. The molecular weight excluding hydrogens is 380 g/mol. The second-order valence-corrected chi connectivity index (χ2v) is 8.89. The molecule has 0 N–H and O–H groups in total. The molecule has 0 saturated heterocycles. The van der Waals surface area contributed by atoms with E-state index in [1.165, 1.54) is 23.5 Å². The smallest absolute Gasteiger partial charge is 0.316 e. The van der Waals surface area contributed by atoms with Crippen molar-refractivity contribution >= 4 is 35.5 Å². The van der Waals surface area contributed by atoms with Crippen LogP contribution < -0.4 is 0 Å². The summed E-state index contributed by atoms with van der Waals surface area (Å²) in [4.78, 5) is 24.0. The summed E-state index contributed by atoms with van der Waals surface area (Å²) in [6.45, 7) is 6.70. The van der Waals surface area contributed by atoms with E-state index >= 15 is 0 Å². The molecule has 0 radical (unpaired) electrons. The van der Waals surface area contributed by atoms with Crippen LogP contribution in [0.25, 0.3) is 0 Å². The summed E-state index contributed by atoms with van der Waals surface area (Å²) in [7, 11) is 0. The molecule has 2 unspecified atom stereocenters. The predicted molar refractivity (Wildman–Crippen MR) is 115 cm³/mol. The molecule has 0 aliphatic carbocycles. The lowest BCUT2D eigenvalue weighted by atomic mass is 10.1. The summed E-state index contributed by atoms with van der Waals surface area (Å²) in [5.74, 6) is 0.241. The van der Waals surface area contributed by atoms with Gasteiger partial charge in [-0.2, -0.15) is 0 Å². The molecule has 0 heterocycles. The molecule has 0 aliphatic heterocycles. The lowest BCUT2D eigenvalue weighted by Crippen LogP contribution is -2.15. The molecule has 2 atom stereocenters. The molecule has 0 spiro atoms. The van der Waals surface area contributed by atoms with Gasteiger partial charge in [0, 0.05) is 0 Å². The van der Waals surface area contributed by atoms with Gasteiger partial charge in [0.05, 0.1) is 22.7 Å². The van der Waals surface area contributed by atoms with E-state index in [-0.39, 0.29) is 22.6 Å². The van der Waals surface area contributed by atoms with E-state index in [1.807, 2.05) is 30.3 Å². The van der Waals surface area contributed by atoms with Crippen LogP contribution in [0.15, 0.2) is 30.3 Å². The molecule has 0 saturated carbocycles. The largest absolute Gasteiger partial charge is 0.465 e. The standard InChI is InChI=1S/C21H32O4S2/c1-4-7-14-24-19(22)15-26-21(6-3)27-16-20(23)25-18(11-5-2)17-12-9-8-10-13-17/h8-10,12-13,18,21H,4-7,11,14-16H2,1-3H3. The highest BCUT2D eigenvalue weighted by Crippen LogP contribution is 2.28. The molecular formula is C21H32O4S2. The average molecular weight is 413 g/mol. The Labute approximate surface area is 172 Å². The van der Waals surface area contributed by atoms with E-state index in [4.69, 9.17) is 9.47 Å². The minimum atomic E-state index is -0.202. The Balaban J connectivity index is 2.38. The van der Waals surface area contributed by atoms with Crippen molar-refractivity contribution in [2.75, 3.05) is 18.1 Å². The SMILES string of the molecule is CCCCOC(=O)CSC(CC)SCC(=O)OC(CCC)c1ccccc1. The third-order valence-corrected chi connectivity index (χ3v) is 6.90. The summed E-state index contributed by atoms with van der Waals surface area (Å²) in [6.07, 6.45) is 4.36. The van der Waals surface area contributed by atoms with Crippen LogP contribution in [0.2, 0.25) is 0 Å². The van der Waals surface area contributed by atoms with Crippen molar-refractivity contribution in [3.63, 3.8) is 0 Å². The van der Waals surface area contributed by atoms with Crippen LogP contribution in [0.1, 0.15) is 64.5 Å². The van der Waals surface area contributed by atoms with Crippen molar-refractivity contribution in [1.82, 2.24) is 0 Å². The fraction of sp³-hybridized carbons (Fsp3) is 0.619. The maximum Gasteiger partial charge on any atom is 0.316 e. The van der Waals surface area contributed by atoms with Gasteiger partial charge in [0.2, 0.25) is 0 Å². The number of benzene rings is 1. The van der Waals surface area contributed by atoms with Gasteiger partial charge in [-0.1, -0.05) is 63.9 Å². The molecule has 0 amide bonds. The zero-order chi connectivity index (χ0) is 19.9. The van der Waals surface area contributed by atoms with Crippen LogP contribution in [0.5, 0.6) is 0 Å². The average Bonchev–Trinajstić information content (AvgIpc) is 2.68. The van der Waals surface area contributed by atoms with Crippen molar-refractivity contribution < 1.29 is 19.1 Å².